The summed E-state index contributed by atoms with van der Waals surface area (Å²) >= 11 is 1.82. The zero-order chi connectivity index (χ0) is 20.8. The molecular weight excluding hydrogens is 388 g/mol. The lowest BCUT2D eigenvalue weighted by Crippen LogP contribution is -2.57. The van der Waals surface area contributed by atoms with Crippen molar-refractivity contribution in [2.75, 3.05) is 32.8 Å². The van der Waals surface area contributed by atoms with Gasteiger partial charge in [-0.3, -0.25) is 14.5 Å². The molecule has 1 aromatic heterocycles. The first-order valence-electron chi connectivity index (χ1n) is 10.6. The summed E-state index contributed by atoms with van der Waals surface area (Å²) < 4.78 is 5.91. The van der Waals surface area contributed by atoms with Crippen molar-refractivity contribution in [2.45, 2.75) is 64.3 Å². The van der Waals surface area contributed by atoms with Gasteiger partial charge in [0.15, 0.2) is 0 Å². The first-order valence-corrected chi connectivity index (χ1v) is 11.5. The summed E-state index contributed by atoms with van der Waals surface area (Å²) in [6, 6.07) is 4.16. The molecule has 2 unspecified atom stereocenters. The van der Waals surface area contributed by atoms with Crippen molar-refractivity contribution < 1.29 is 14.3 Å². The molecule has 0 radical (unpaired) electrons. The summed E-state index contributed by atoms with van der Waals surface area (Å²) in [6.45, 7) is 7.67. The molecule has 2 aliphatic rings. The molecule has 29 heavy (non-hydrogen) atoms. The smallest absolute Gasteiger partial charge is 0.242 e. The van der Waals surface area contributed by atoms with Crippen LogP contribution in [0, 0.1) is 6.92 Å². The van der Waals surface area contributed by atoms with Crippen molar-refractivity contribution in [1.29, 1.82) is 0 Å². The molecular formula is C21H34N4O3S. The van der Waals surface area contributed by atoms with Crippen LogP contribution in [0.3, 0.4) is 0 Å². The zero-order valence-corrected chi connectivity index (χ0v) is 18.4. The SMILES string of the molecule is CC(=O)N1CCC(N(Cc2ccc(C)s2)CC2CCCO2)C[C@@H]1C(=O)NCCN. The van der Waals surface area contributed by atoms with E-state index in [-0.39, 0.29) is 24.0 Å². The second-order valence-electron chi connectivity index (χ2n) is 8.06. The number of carbonyl (C=O) groups excluding carboxylic acids is 2. The molecule has 0 aromatic carbocycles. The van der Waals surface area contributed by atoms with E-state index in [0.717, 1.165) is 39.0 Å². The van der Waals surface area contributed by atoms with Gasteiger partial charge < -0.3 is 20.7 Å². The average molecular weight is 423 g/mol. The van der Waals surface area contributed by atoms with Crippen LogP contribution in [0.2, 0.25) is 0 Å². The number of hydrogen-bond acceptors (Lipinski definition) is 6. The van der Waals surface area contributed by atoms with Crippen molar-refractivity contribution in [2.24, 2.45) is 5.73 Å². The number of nitrogens with zero attached hydrogens (tertiary/aromatic N) is 2. The monoisotopic (exact) mass is 422 g/mol. The van der Waals surface area contributed by atoms with E-state index in [9.17, 15) is 9.59 Å². The zero-order valence-electron chi connectivity index (χ0n) is 17.6. The fourth-order valence-electron chi connectivity index (χ4n) is 4.38. The van der Waals surface area contributed by atoms with Crippen molar-refractivity contribution in [3.63, 3.8) is 0 Å². The Hall–Kier alpha value is -1.48. The van der Waals surface area contributed by atoms with E-state index in [1.165, 1.54) is 9.75 Å². The van der Waals surface area contributed by atoms with Crippen LogP contribution in [0.15, 0.2) is 12.1 Å². The second-order valence-corrected chi connectivity index (χ2v) is 9.44. The molecule has 3 heterocycles. The Kier molecular flexibility index (Phi) is 8.06. The Balaban J connectivity index is 1.74. The number of carbonyl (C=O) groups is 2. The lowest BCUT2D eigenvalue weighted by Gasteiger charge is -2.43. The highest BCUT2D eigenvalue weighted by Gasteiger charge is 2.37. The molecule has 0 spiro atoms. The molecule has 0 aliphatic carbocycles. The summed E-state index contributed by atoms with van der Waals surface area (Å²) in [7, 11) is 0. The van der Waals surface area contributed by atoms with Gasteiger partial charge in [0, 0.05) is 62.1 Å². The molecule has 2 fully saturated rings. The number of nitrogens with two attached hydrogens (primary N) is 1. The molecule has 1 aromatic rings. The highest BCUT2D eigenvalue weighted by Crippen LogP contribution is 2.27. The maximum absolute atomic E-state index is 12.7. The Labute approximate surface area is 177 Å². The summed E-state index contributed by atoms with van der Waals surface area (Å²) in [6.07, 6.45) is 3.98. The van der Waals surface area contributed by atoms with E-state index in [1.54, 1.807) is 11.8 Å². The maximum Gasteiger partial charge on any atom is 0.242 e. The molecule has 3 rings (SSSR count). The summed E-state index contributed by atoms with van der Waals surface area (Å²) in [5, 5.41) is 2.87. The molecule has 0 bridgehead atoms. The predicted octanol–water partition coefficient (Wildman–Crippen LogP) is 1.49. The predicted molar refractivity (Wildman–Crippen MR) is 115 cm³/mol. The number of nitrogens with one attached hydrogen (secondary N) is 1. The van der Waals surface area contributed by atoms with Gasteiger partial charge in [-0.25, -0.2) is 0 Å². The van der Waals surface area contributed by atoms with Gasteiger partial charge in [0.2, 0.25) is 11.8 Å². The summed E-state index contributed by atoms with van der Waals surface area (Å²) in [5.74, 6) is -0.143. The fraction of sp³-hybridized carbons (Fsp3) is 0.714. The minimum absolute atomic E-state index is 0.0455. The van der Waals surface area contributed by atoms with E-state index in [0.29, 0.717) is 26.1 Å². The minimum Gasteiger partial charge on any atom is -0.377 e. The third-order valence-electron chi connectivity index (χ3n) is 5.86. The van der Waals surface area contributed by atoms with Gasteiger partial charge >= 0.3 is 0 Å². The second kappa shape index (κ2) is 10.5. The molecule has 8 heteroatoms. The molecule has 3 atom stereocenters. The van der Waals surface area contributed by atoms with Gasteiger partial charge in [-0.15, -0.1) is 11.3 Å². The number of aryl methyl sites for hydroxylation is 1. The molecule has 3 N–H and O–H groups in total. The third kappa shape index (κ3) is 6.01. The van der Waals surface area contributed by atoms with Gasteiger partial charge in [0.25, 0.3) is 0 Å². The van der Waals surface area contributed by atoms with E-state index < -0.39 is 6.04 Å². The van der Waals surface area contributed by atoms with Gasteiger partial charge in [-0.1, -0.05) is 0 Å². The molecule has 2 aliphatic heterocycles. The van der Waals surface area contributed by atoms with E-state index >= 15 is 0 Å². The van der Waals surface area contributed by atoms with E-state index in [4.69, 9.17) is 10.5 Å². The van der Waals surface area contributed by atoms with E-state index in [2.05, 4.69) is 29.3 Å². The first kappa shape index (κ1) is 22.2. The summed E-state index contributed by atoms with van der Waals surface area (Å²) in [5.41, 5.74) is 5.54. The van der Waals surface area contributed by atoms with Crippen molar-refractivity contribution in [1.82, 2.24) is 15.1 Å². The Morgan fingerprint density at radius 2 is 2.21 bits per heavy atom. The molecule has 0 saturated carbocycles. The van der Waals surface area contributed by atoms with Crippen molar-refractivity contribution in [3.05, 3.63) is 21.9 Å². The highest BCUT2D eigenvalue weighted by atomic mass is 32.1. The van der Waals surface area contributed by atoms with Crippen LogP contribution in [0.1, 0.15) is 42.4 Å². The quantitative estimate of drug-likeness (QED) is 0.663. The minimum atomic E-state index is -0.435. The lowest BCUT2D eigenvalue weighted by molar-refractivity contribution is -0.142. The lowest BCUT2D eigenvalue weighted by atomic mass is 9.94. The van der Waals surface area contributed by atoms with Crippen LogP contribution in [-0.4, -0.2) is 72.6 Å². The number of piperidine rings is 1. The fourth-order valence-corrected chi connectivity index (χ4v) is 5.30. The van der Waals surface area contributed by atoms with Crippen LogP contribution in [-0.2, 0) is 20.9 Å². The Morgan fingerprint density at radius 3 is 2.83 bits per heavy atom. The van der Waals surface area contributed by atoms with Gasteiger partial charge in [0.1, 0.15) is 6.04 Å². The van der Waals surface area contributed by atoms with Crippen LogP contribution >= 0.6 is 11.3 Å². The molecule has 2 amide bonds. The number of amides is 2. The highest BCUT2D eigenvalue weighted by molar-refractivity contribution is 7.11. The Morgan fingerprint density at radius 1 is 1.38 bits per heavy atom. The van der Waals surface area contributed by atoms with Crippen LogP contribution in [0.25, 0.3) is 0 Å². The first-order chi connectivity index (χ1) is 14.0. The number of thiophene rings is 1. The van der Waals surface area contributed by atoms with Crippen molar-refractivity contribution in [3.8, 4) is 0 Å². The van der Waals surface area contributed by atoms with Gasteiger partial charge in [-0.2, -0.15) is 0 Å². The van der Waals surface area contributed by atoms with Crippen molar-refractivity contribution >= 4 is 23.2 Å². The Bertz CT molecular complexity index is 689. The number of ether oxygens (including phenoxy) is 1. The van der Waals surface area contributed by atoms with Gasteiger partial charge in [0.05, 0.1) is 6.10 Å². The molecule has 7 nitrogen and oxygen atoms in total. The normalized spacial score (nSPS) is 24.8. The van der Waals surface area contributed by atoms with E-state index in [1.807, 2.05) is 11.3 Å². The average Bonchev–Trinajstić information content (AvgIpc) is 3.36. The summed E-state index contributed by atoms with van der Waals surface area (Å²) in [4.78, 5) is 31.7. The van der Waals surface area contributed by atoms with Crippen LogP contribution < -0.4 is 11.1 Å². The standard InChI is InChI=1S/C21H34N4O3S/c1-15-5-6-19(29-15)14-24(13-18-4-3-11-28-18)17-7-10-25(16(2)26)20(12-17)21(27)23-9-8-22/h5-6,17-18,20H,3-4,7-14,22H2,1-2H3,(H,23,27)/t17?,18?,20-/m1/s1. The van der Waals surface area contributed by atoms with Crippen LogP contribution in [0.4, 0.5) is 0 Å². The number of rotatable bonds is 8. The number of likely N-dealkylation sites (tertiary alicyclic amines) is 1. The molecule has 162 valence electrons. The molecule has 2 saturated heterocycles. The largest absolute Gasteiger partial charge is 0.377 e. The third-order valence-corrected chi connectivity index (χ3v) is 6.84. The van der Waals surface area contributed by atoms with Crippen LogP contribution in [0.5, 0.6) is 0 Å². The maximum atomic E-state index is 12.7. The van der Waals surface area contributed by atoms with Gasteiger partial charge in [-0.05, 0) is 44.7 Å². The topological polar surface area (TPSA) is 87.9 Å². The number of hydrogen-bond donors (Lipinski definition) is 2.